The molecule has 0 radical (unpaired) electrons. The smallest absolute Gasteiger partial charge is 0.347 e. The van der Waals surface area contributed by atoms with Crippen LogP contribution in [-0.4, -0.2) is 22.6 Å². The Labute approximate surface area is 114 Å². The largest absolute Gasteiger partial charge is 0.465 e. The Kier molecular flexibility index (Phi) is 3.97. The summed E-state index contributed by atoms with van der Waals surface area (Å²) in [6.07, 6.45) is 2.76. The van der Waals surface area contributed by atoms with Crippen LogP contribution in [0.15, 0.2) is 41.5 Å². The molecule has 6 heteroatoms. The Morgan fingerprint density at radius 2 is 2.16 bits per heavy atom. The molecule has 0 saturated heterocycles. The van der Waals surface area contributed by atoms with Gasteiger partial charge in [-0.15, -0.1) is 0 Å². The molecule has 0 fully saturated rings. The van der Waals surface area contributed by atoms with Crippen LogP contribution < -0.4 is 5.69 Å². The number of carbonyl (C=O) groups excluding carboxylic acids is 1. The van der Waals surface area contributed by atoms with E-state index in [1.54, 1.807) is 24.3 Å². The van der Waals surface area contributed by atoms with E-state index in [1.807, 2.05) is 0 Å². The zero-order valence-electron chi connectivity index (χ0n) is 10.2. The average Bonchev–Trinajstić information content (AvgIpc) is 2.42. The van der Waals surface area contributed by atoms with Gasteiger partial charge in [-0.1, -0.05) is 29.8 Å². The van der Waals surface area contributed by atoms with E-state index in [1.165, 1.54) is 24.1 Å². The molecular weight excluding hydrogens is 268 g/mol. The minimum atomic E-state index is -0.446. The lowest BCUT2D eigenvalue weighted by Crippen LogP contribution is -2.23. The van der Waals surface area contributed by atoms with Crippen LogP contribution in [-0.2, 0) is 11.3 Å². The van der Waals surface area contributed by atoms with Gasteiger partial charge in [0, 0.05) is 6.20 Å². The van der Waals surface area contributed by atoms with E-state index in [-0.39, 0.29) is 6.54 Å². The number of halogens is 1. The van der Waals surface area contributed by atoms with Crippen molar-refractivity contribution in [1.82, 2.24) is 9.55 Å². The number of ether oxygens (including phenoxy) is 1. The molecule has 98 valence electrons. The van der Waals surface area contributed by atoms with E-state index >= 15 is 0 Å². The van der Waals surface area contributed by atoms with Crippen molar-refractivity contribution in [1.29, 1.82) is 0 Å². The predicted molar refractivity (Wildman–Crippen MR) is 70.4 cm³/mol. The molecule has 0 saturated carbocycles. The van der Waals surface area contributed by atoms with Crippen molar-refractivity contribution in [2.45, 2.75) is 6.54 Å². The van der Waals surface area contributed by atoms with E-state index in [2.05, 4.69) is 4.98 Å². The minimum Gasteiger partial charge on any atom is -0.465 e. The molecule has 19 heavy (non-hydrogen) atoms. The minimum absolute atomic E-state index is 0.206. The molecule has 2 aromatic rings. The number of hydrogen-bond acceptors (Lipinski definition) is 4. The van der Waals surface area contributed by atoms with Gasteiger partial charge in [-0.05, 0) is 11.6 Å². The van der Waals surface area contributed by atoms with E-state index in [4.69, 9.17) is 16.3 Å². The Hall–Kier alpha value is -2.14. The summed E-state index contributed by atoms with van der Waals surface area (Å²) in [6, 6.07) is 6.91. The summed E-state index contributed by atoms with van der Waals surface area (Å²) < 4.78 is 6.04. The van der Waals surface area contributed by atoms with Crippen LogP contribution in [0.3, 0.4) is 0 Å². The van der Waals surface area contributed by atoms with Crippen molar-refractivity contribution >= 4 is 17.6 Å². The number of aromatic nitrogens is 2. The van der Waals surface area contributed by atoms with Gasteiger partial charge in [0.15, 0.2) is 0 Å². The summed E-state index contributed by atoms with van der Waals surface area (Å²) in [6.45, 7) is 0.206. The average molecular weight is 279 g/mol. The lowest BCUT2D eigenvalue weighted by atomic mass is 10.1. The monoisotopic (exact) mass is 278 g/mol. The molecule has 0 aliphatic rings. The second-order valence-corrected chi connectivity index (χ2v) is 4.27. The molecule has 0 amide bonds. The highest BCUT2D eigenvalue weighted by Gasteiger charge is 2.11. The van der Waals surface area contributed by atoms with Gasteiger partial charge < -0.3 is 4.74 Å². The first-order valence-electron chi connectivity index (χ1n) is 5.50. The third kappa shape index (κ3) is 3.00. The molecule has 5 nitrogen and oxygen atoms in total. The first-order chi connectivity index (χ1) is 9.11. The van der Waals surface area contributed by atoms with Crippen LogP contribution in [0.1, 0.15) is 15.9 Å². The number of benzene rings is 1. The summed E-state index contributed by atoms with van der Waals surface area (Å²) in [5, 5.41) is 0.357. The highest BCUT2D eigenvalue weighted by atomic mass is 35.5. The number of esters is 1. The van der Waals surface area contributed by atoms with Crippen molar-refractivity contribution < 1.29 is 9.53 Å². The topological polar surface area (TPSA) is 61.2 Å². The van der Waals surface area contributed by atoms with Crippen molar-refractivity contribution in [3.05, 3.63) is 63.3 Å². The Morgan fingerprint density at radius 1 is 1.42 bits per heavy atom. The van der Waals surface area contributed by atoms with Gasteiger partial charge in [0.2, 0.25) is 0 Å². The number of carbonyl (C=O) groups is 1. The predicted octanol–water partition coefficient (Wildman–Crippen LogP) is 1.73. The van der Waals surface area contributed by atoms with E-state index in [0.29, 0.717) is 16.1 Å². The molecule has 0 N–H and O–H groups in total. The molecular formula is C13H11ClN2O3. The maximum Gasteiger partial charge on any atom is 0.347 e. The summed E-state index contributed by atoms with van der Waals surface area (Å²) >= 11 is 5.80. The normalized spacial score (nSPS) is 10.2. The Bertz CT molecular complexity index is 667. The summed E-state index contributed by atoms with van der Waals surface area (Å²) in [5.41, 5.74) is 0.654. The van der Waals surface area contributed by atoms with Crippen LogP contribution in [0.25, 0.3) is 0 Å². The molecule has 0 bridgehead atoms. The van der Waals surface area contributed by atoms with Gasteiger partial charge in [-0.2, -0.15) is 0 Å². The lowest BCUT2D eigenvalue weighted by molar-refractivity contribution is 0.0599. The van der Waals surface area contributed by atoms with Crippen LogP contribution in [0.5, 0.6) is 0 Å². The van der Waals surface area contributed by atoms with Crippen molar-refractivity contribution in [2.24, 2.45) is 0 Å². The van der Waals surface area contributed by atoms with Crippen molar-refractivity contribution in [3.63, 3.8) is 0 Å². The number of rotatable bonds is 3. The van der Waals surface area contributed by atoms with Crippen LogP contribution in [0, 0.1) is 0 Å². The molecule has 2 rings (SSSR count). The maximum absolute atomic E-state index is 11.6. The second kappa shape index (κ2) is 5.67. The summed E-state index contributed by atoms with van der Waals surface area (Å²) in [7, 11) is 1.31. The Morgan fingerprint density at radius 3 is 2.89 bits per heavy atom. The summed E-state index contributed by atoms with van der Waals surface area (Å²) in [4.78, 5) is 26.9. The zero-order valence-corrected chi connectivity index (χ0v) is 10.9. The number of nitrogens with zero attached hydrogens (tertiary/aromatic N) is 2. The van der Waals surface area contributed by atoms with Crippen molar-refractivity contribution in [2.75, 3.05) is 7.11 Å². The molecule has 1 aromatic carbocycles. The standard InChI is InChI=1S/C13H11ClN2O3/c1-19-12(17)11-5-3-2-4-9(11)7-16-8-10(14)6-15-13(16)18/h2-6,8H,7H2,1H3. The van der Waals surface area contributed by atoms with Crippen LogP contribution in [0.2, 0.25) is 5.02 Å². The lowest BCUT2D eigenvalue weighted by Gasteiger charge is -2.09. The third-order valence-electron chi connectivity index (χ3n) is 2.59. The quantitative estimate of drug-likeness (QED) is 0.802. The van der Waals surface area contributed by atoms with Gasteiger partial charge in [0.25, 0.3) is 0 Å². The molecule has 0 spiro atoms. The first kappa shape index (κ1) is 13.3. The fourth-order valence-electron chi connectivity index (χ4n) is 1.69. The van der Waals surface area contributed by atoms with Crippen molar-refractivity contribution in [3.8, 4) is 0 Å². The van der Waals surface area contributed by atoms with Gasteiger partial charge in [-0.25, -0.2) is 14.6 Å². The van der Waals surface area contributed by atoms with E-state index < -0.39 is 11.7 Å². The molecule has 0 unspecified atom stereocenters. The number of hydrogen-bond donors (Lipinski definition) is 0. The molecule has 0 aliphatic carbocycles. The van der Waals surface area contributed by atoms with E-state index in [9.17, 15) is 9.59 Å². The zero-order chi connectivity index (χ0) is 13.8. The highest BCUT2D eigenvalue weighted by molar-refractivity contribution is 6.30. The molecule has 1 aromatic heterocycles. The van der Waals surface area contributed by atoms with Gasteiger partial charge in [0.1, 0.15) is 0 Å². The third-order valence-corrected chi connectivity index (χ3v) is 2.78. The van der Waals surface area contributed by atoms with Crippen LogP contribution in [0.4, 0.5) is 0 Å². The maximum atomic E-state index is 11.6. The molecule has 0 atom stereocenters. The van der Waals surface area contributed by atoms with Gasteiger partial charge >= 0.3 is 11.7 Å². The molecule has 0 aliphatic heterocycles. The first-order valence-corrected chi connectivity index (χ1v) is 5.88. The second-order valence-electron chi connectivity index (χ2n) is 3.83. The van der Waals surface area contributed by atoms with Crippen LogP contribution >= 0.6 is 11.6 Å². The van der Waals surface area contributed by atoms with Gasteiger partial charge in [-0.3, -0.25) is 4.57 Å². The molecule has 1 heterocycles. The van der Waals surface area contributed by atoms with E-state index in [0.717, 1.165) is 0 Å². The Balaban J connectivity index is 2.41. The summed E-state index contributed by atoms with van der Waals surface area (Å²) in [5.74, 6) is -0.446. The fourth-order valence-corrected chi connectivity index (χ4v) is 1.86. The fraction of sp³-hybridized carbons (Fsp3) is 0.154. The highest BCUT2D eigenvalue weighted by Crippen LogP contribution is 2.12. The number of methoxy groups -OCH3 is 1. The SMILES string of the molecule is COC(=O)c1ccccc1Cn1cc(Cl)cnc1=O. The van der Waals surface area contributed by atoms with Gasteiger partial charge in [0.05, 0.1) is 30.4 Å².